The molecule has 144 valence electrons. The van der Waals surface area contributed by atoms with Crippen LogP contribution in [0.15, 0.2) is 47.4 Å². The Morgan fingerprint density at radius 2 is 1.59 bits per heavy atom. The number of anilines is 1. The van der Waals surface area contributed by atoms with Crippen LogP contribution < -0.4 is 14.8 Å². The molecule has 0 bridgehead atoms. The Balaban J connectivity index is 1.74. The van der Waals surface area contributed by atoms with Gasteiger partial charge < -0.3 is 14.8 Å². The lowest BCUT2D eigenvalue weighted by molar-refractivity contribution is 0.102. The van der Waals surface area contributed by atoms with Crippen LogP contribution in [0.5, 0.6) is 11.5 Å². The van der Waals surface area contributed by atoms with Crippen LogP contribution in [-0.4, -0.2) is 45.9 Å². The van der Waals surface area contributed by atoms with Gasteiger partial charge in [0, 0.05) is 30.4 Å². The third-order valence-electron chi connectivity index (χ3n) is 4.46. The minimum Gasteiger partial charge on any atom is -0.493 e. The van der Waals surface area contributed by atoms with Gasteiger partial charge in [-0.1, -0.05) is 0 Å². The summed E-state index contributed by atoms with van der Waals surface area (Å²) in [6.45, 7) is 1.09. The molecule has 0 spiro atoms. The van der Waals surface area contributed by atoms with E-state index in [1.165, 1.54) is 42.8 Å². The van der Waals surface area contributed by atoms with E-state index in [-0.39, 0.29) is 10.8 Å². The summed E-state index contributed by atoms with van der Waals surface area (Å²) in [5.41, 5.74) is 0.913. The molecule has 1 saturated heterocycles. The largest absolute Gasteiger partial charge is 0.493 e. The number of methoxy groups -OCH3 is 2. The van der Waals surface area contributed by atoms with Crippen LogP contribution >= 0.6 is 0 Å². The molecule has 3 rings (SSSR count). The molecule has 2 aromatic rings. The second kappa shape index (κ2) is 7.98. The van der Waals surface area contributed by atoms with Gasteiger partial charge in [0.2, 0.25) is 10.0 Å². The average Bonchev–Trinajstić information content (AvgIpc) is 3.23. The first-order valence-corrected chi connectivity index (χ1v) is 10.0. The quantitative estimate of drug-likeness (QED) is 0.820. The van der Waals surface area contributed by atoms with Crippen molar-refractivity contribution >= 4 is 21.6 Å². The summed E-state index contributed by atoms with van der Waals surface area (Å²) < 4.78 is 36.9. The van der Waals surface area contributed by atoms with Crippen LogP contribution in [-0.2, 0) is 10.0 Å². The Morgan fingerprint density at radius 3 is 2.19 bits per heavy atom. The first-order chi connectivity index (χ1) is 13.0. The summed E-state index contributed by atoms with van der Waals surface area (Å²) in [6, 6.07) is 11.0. The lowest BCUT2D eigenvalue weighted by atomic mass is 10.2. The Kier molecular flexibility index (Phi) is 5.67. The fraction of sp³-hybridized carbons (Fsp3) is 0.316. The van der Waals surface area contributed by atoms with Gasteiger partial charge in [-0.25, -0.2) is 8.42 Å². The molecule has 0 saturated carbocycles. The number of nitrogens with zero attached hydrogens (tertiary/aromatic N) is 1. The predicted molar refractivity (Wildman–Crippen MR) is 102 cm³/mol. The fourth-order valence-electron chi connectivity index (χ4n) is 2.97. The number of rotatable bonds is 6. The first kappa shape index (κ1) is 19.2. The minimum absolute atomic E-state index is 0.201. The number of benzene rings is 2. The zero-order valence-corrected chi connectivity index (χ0v) is 16.1. The van der Waals surface area contributed by atoms with Crippen molar-refractivity contribution in [1.82, 2.24) is 4.31 Å². The van der Waals surface area contributed by atoms with Crippen molar-refractivity contribution in [1.29, 1.82) is 0 Å². The summed E-state index contributed by atoms with van der Waals surface area (Å²) in [4.78, 5) is 12.6. The SMILES string of the molecule is COc1ccc(NC(=O)c2ccc(S(=O)(=O)N3CCCC3)cc2)cc1OC. The highest BCUT2D eigenvalue weighted by Crippen LogP contribution is 2.30. The second-order valence-electron chi connectivity index (χ2n) is 6.16. The van der Waals surface area contributed by atoms with Gasteiger partial charge in [0.1, 0.15) is 0 Å². The Hall–Kier alpha value is -2.58. The van der Waals surface area contributed by atoms with E-state index in [1.807, 2.05) is 0 Å². The molecule has 1 aliphatic heterocycles. The smallest absolute Gasteiger partial charge is 0.255 e. The van der Waals surface area contributed by atoms with E-state index in [1.54, 1.807) is 18.2 Å². The van der Waals surface area contributed by atoms with Crippen molar-refractivity contribution in [2.24, 2.45) is 0 Å². The Labute approximate surface area is 158 Å². The molecule has 0 aliphatic carbocycles. The molecule has 1 N–H and O–H groups in total. The topological polar surface area (TPSA) is 84.9 Å². The zero-order valence-electron chi connectivity index (χ0n) is 15.3. The highest BCUT2D eigenvalue weighted by Gasteiger charge is 2.27. The number of carbonyl (C=O) groups is 1. The highest BCUT2D eigenvalue weighted by atomic mass is 32.2. The lowest BCUT2D eigenvalue weighted by Gasteiger charge is -2.15. The van der Waals surface area contributed by atoms with Gasteiger partial charge in [0.05, 0.1) is 19.1 Å². The number of sulfonamides is 1. The minimum atomic E-state index is -3.49. The van der Waals surface area contributed by atoms with Crippen molar-refractivity contribution in [3.8, 4) is 11.5 Å². The van der Waals surface area contributed by atoms with E-state index < -0.39 is 10.0 Å². The van der Waals surface area contributed by atoms with Crippen LogP contribution in [0.3, 0.4) is 0 Å². The maximum Gasteiger partial charge on any atom is 0.255 e. The molecule has 27 heavy (non-hydrogen) atoms. The van der Waals surface area contributed by atoms with Gasteiger partial charge in [0.15, 0.2) is 11.5 Å². The Bertz CT molecular complexity index is 920. The zero-order chi connectivity index (χ0) is 19.4. The third kappa shape index (κ3) is 4.06. The molecule has 1 heterocycles. The van der Waals surface area contributed by atoms with Crippen LogP contribution in [0.25, 0.3) is 0 Å². The molecule has 8 heteroatoms. The van der Waals surface area contributed by atoms with E-state index in [2.05, 4.69) is 5.32 Å². The standard InChI is InChI=1S/C19H22N2O5S/c1-25-17-10-7-15(13-18(17)26-2)20-19(22)14-5-8-16(9-6-14)27(23,24)21-11-3-4-12-21/h5-10,13H,3-4,11-12H2,1-2H3,(H,20,22). The van der Waals surface area contributed by atoms with Gasteiger partial charge in [-0.15, -0.1) is 0 Å². The lowest BCUT2D eigenvalue weighted by Crippen LogP contribution is -2.27. The van der Waals surface area contributed by atoms with Gasteiger partial charge in [-0.2, -0.15) is 4.31 Å². The molecule has 0 aromatic heterocycles. The van der Waals surface area contributed by atoms with Crippen molar-refractivity contribution in [3.63, 3.8) is 0 Å². The molecule has 0 unspecified atom stereocenters. The van der Waals surface area contributed by atoms with Crippen LogP contribution in [0.2, 0.25) is 0 Å². The number of amides is 1. The number of hydrogen-bond acceptors (Lipinski definition) is 5. The van der Waals surface area contributed by atoms with Crippen molar-refractivity contribution in [2.75, 3.05) is 32.6 Å². The van der Waals surface area contributed by atoms with Gasteiger partial charge in [0.25, 0.3) is 5.91 Å². The predicted octanol–water partition coefficient (Wildman–Crippen LogP) is 2.74. The van der Waals surface area contributed by atoms with Crippen LogP contribution in [0, 0.1) is 0 Å². The highest BCUT2D eigenvalue weighted by molar-refractivity contribution is 7.89. The van der Waals surface area contributed by atoms with Crippen molar-refractivity contribution in [2.45, 2.75) is 17.7 Å². The number of carbonyl (C=O) groups excluding carboxylic acids is 1. The number of hydrogen-bond donors (Lipinski definition) is 1. The van der Waals surface area contributed by atoms with Gasteiger partial charge in [-0.3, -0.25) is 4.79 Å². The monoisotopic (exact) mass is 390 g/mol. The first-order valence-electron chi connectivity index (χ1n) is 8.59. The number of nitrogens with one attached hydrogen (secondary N) is 1. The summed E-state index contributed by atoms with van der Waals surface area (Å²) in [7, 11) is -0.433. The van der Waals surface area contributed by atoms with E-state index in [0.29, 0.717) is 35.8 Å². The van der Waals surface area contributed by atoms with Crippen LogP contribution in [0.1, 0.15) is 23.2 Å². The van der Waals surface area contributed by atoms with Crippen LogP contribution in [0.4, 0.5) is 5.69 Å². The molecule has 1 aliphatic rings. The molecule has 1 fully saturated rings. The van der Waals surface area contributed by atoms with E-state index in [4.69, 9.17) is 9.47 Å². The second-order valence-corrected chi connectivity index (χ2v) is 8.10. The molecule has 1 amide bonds. The van der Waals surface area contributed by atoms with Crippen molar-refractivity contribution in [3.05, 3.63) is 48.0 Å². The normalized spacial score (nSPS) is 14.7. The molecule has 2 aromatic carbocycles. The third-order valence-corrected chi connectivity index (χ3v) is 6.37. The fourth-order valence-corrected chi connectivity index (χ4v) is 4.49. The maximum atomic E-state index is 12.5. The molecular weight excluding hydrogens is 368 g/mol. The van der Waals surface area contributed by atoms with E-state index in [9.17, 15) is 13.2 Å². The molecule has 0 radical (unpaired) electrons. The van der Waals surface area contributed by atoms with E-state index in [0.717, 1.165) is 12.8 Å². The molecule has 7 nitrogen and oxygen atoms in total. The maximum absolute atomic E-state index is 12.5. The molecular formula is C19H22N2O5S. The van der Waals surface area contributed by atoms with Crippen molar-refractivity contribution < 1.29 is 22.7 Å². The Morgan fingerprint density at radius 1 is 0.963 bits per heavy atom. The summed E-state index contributed by atoms with van der Waals surface area (Å²) >= 11 is 0. The molecule has 0 atom stereocenters. The average molecular weight is 390 g/mol. The summed E-state index contributed by atoms with van der Waals surface area (Å²) in [5.74, 6) is 0.724. The number of ether oxygens (including phenoxy) is 2. The summed E-state index contributed by atoms with van der Waals surface area (Å²) in [6.07, 6.45) is 1.76. The van der Waals surface area contributed by atoms with Gasteiger partial charge in [-0.05, 0) is 49.2 Å². The van der Waals surface area contributed by atoms with Gasteiger partial charge >= 0.3 is 0 Å². The van der Waals surface area contributed by atoms with E-state index >= 15 is 0 Å². The summed E-state index contributed by atoms with van der Waals surface area (Å²) in [5, 5.41) is 2.76.